The molecule has 0 saturated heterocycles. The van der Waals surface area contributed by atoms with E-state index in [0.717, 1.165) is 72.3 Å². The van der Waals surface area contributed by atoms with Gasteiger partial charge in [-0.05, 0) is 69.1 Å². The van der Waals surface area contributed by atoms with Crippen LogP contribution in [0.1, 0.15) is 40.8 Å². The summed E-state index contributed by atoms with van der Waals surface area (Å²) in [5, 5.41) is 6.24. The molecule has 0 fully saturated rings. The number of ether oxygens (including phenoxy) is 1. The van der Waals surface area contributed by atoms with E-state index in [1.165, 1.54) is 22.3 Å². The first-order valence-electron chi connectivity index (χ1n) is 19.0. The average molecular weight is 710 g/mol. The fourth-order valence-corrected chi connectivity index (χ4v) is 8.98. The Hall–Kier alpha value is -6.84. The molecule has 55 heavy (non-hydrogen) atoms. The lowest BCUT2D eigenvalue weighted by Gasteiger charge is -2.38. The molecule has 1 atom stereocenters. The van der Waals surface area contributed by atoms with Gasteiger partial charge in [0.05, 0.1) is 11.5 Å². The first kappa shape index (κ1) is 32.8. The van der Waals surface area contributed by atoms with Crippen LogP contribution in [0.25, 0.3) is 49.9 Å². The number of allylic oxidation sites excluding steroid dienone is 3. The highest BCUT2D eigenvalue weighted by Gasteiger charge is 2.48. The van der Waals surface area contributed by atoms with E-state index in [4.69, 9.17) is 15.7 Å². The van der Waals surface area contributed by atoms with Gasteiger partial charge in [-0.25, -0.2) is 0 Å². The summed E-state index contributed by atoms with van der Waals surface area (Å²) in [5.74, 6) is 0.869. The Kier molecular flexibility index (Phi) is 7.88. The second-order valence-electron chi connectivity index (χ2n) is 14.4. The highest BCUT2D eigenvalue weighted by molar-refractivity contribution is 6.09. The van der Waals surface area contributed by atoms with E-state index in [9.17, 15) is 0 Å². The number of hydrogen-bond donors (Lipinski definition) is 1. The molecular formula is C52H39NO2. The molecule has 0 saturated carbocycles. The molecule has 1 aliphatic heterocycles. The molecule has 1 unspecified atom stereocenters. The zero-order valence-corrected chi connectivity index (χ0v) is 30.6. The maximum atomic E-state index is 6.87. The van der Waals surface area contributed by atoms with E-state index in [-0.39, 0.29) is 6.04 Å². The lowest BCUT2D eigenvalue weighted by molar-refractivity contribution is 0.331. The molecule has 1 aromatic heterocycles. The van der Waals surface area contributed by atoms with Crippen LogP contribution in [0, 0.1) is 0 Å². The van der Waals surface area contributed by atoms with Gasteiger partial charge in [0.25, 0.3) is 0 Å². The molecule has 8 aromatic rings. The van der Waals surface area contributed by atoms with Crippen molar-refractivity contribution in [1.82, 2.24) is 5.32 Å². The Morgan fingerprint density at radius 3 is 2.00 bits per heavy atom. The number of furan rings is 1. The molecule has 2 aliphatic rings. The van der Waals surface area contributed by atoms with Crippen LogP contribution >= 0.6 is 0 Å². The third-order valence-corrected chi connectivity index (χ3v) is 11.5. The van der Waals surface area contributed by atoms with Gasteiger partial charge in [0.15, 0.2) is 0 Å². The molecule has 0 amide bonds. The van der Waals surface area contributed by atoms with Gasteiger partial charge in [0, 0.05) is 27.6 Å². The quantitative estimate of drug-likeness (QED) is 0.187. The smallest absolute Gasteiger partial charge is 0.143 e. The first-order valence-corrected chi connectivity index (χ1v) is 19.0. The fourth-order valence-electron chi connectivity index (χ4n) is 8.98. The summed E-state index contributed by atoms with van der Waals surface area (Å²) in [7, 11) is 0. The van der Waals surface area contributed by atoms with Gasteiger partial charge in [0.1, 0.15) is 23.5 Å². The predicted octanol–water partition coefficient (Wildman–Crippen LogP) is 12.8. The highest BCUT2D eigenvalue weighted by atomic mass is 16.5. The monoisotopic (exact) mass is 709 g/mol. The van der Waals surface area contributed by atoms with Gasteiger partial charge in [0.2, 0.25) is 0 Å². The molecule has 0 bridgehead atoms. The molecule has 264 valence electrons. The standard InChI is InChI=1S/C52H39NO2/c1-3-47(36-30-28-35(29-31-36)39-21-15-22-43-42-20-9-13-26-48(42)55-51(39)43)53-50(37-16-5-4-6-17-37)38-32-34(2)52(46-25-12-14-27-49(46)54-33-38)44-23-10-7-18-40(44)41-19-8-11-24-45(41)52/h3-32,50,53H,2,33H2,1H3/b38-32+,47-3-. The third kappa shape index (κ3) is 5.19. The first-order chi connectivity index (χ1) is 27.1. The largest absolute Gasteiger partial charge is 0.489 e. The normalized spacial score (nSPS) is 16.0. The van der Waals surface area contributed by atoms with Gasteiger partial charge in [-0.3, -0.25) is 0 Å². The summed E-state index contributed by atoms with van der Waals surface area (Å²) in [4.78, 5) is 0. The topological polar surface area (TPSA) is 34.4 Å². The summed E-state index contributed by atoms with van der Waals surface area (Å²) in [6.45, 7) is 7.42. The molecular weight excluding hydrogens is 671 g/mol. The maximum absolute atomic E-state index is 6.87. The van der Waals surface area contributed by atoms with E-state index in [2.05, 4.69) is 182 Å². The van der Waals surface area contributed by atoms with Crippen LogP contribution in [0.4, 0.5) is 0 Å². The molecule has 0 radical (unpaired) electrons. The maximum Gasteiger partial charge on any atom is 0.143 e. The van der Waals surface area contributed by atoms with Crippen molar-refractivity contribution in [1.29, 1.82) is 0 Å². The molecule has 2 heterocycles. The molecule has 3 heteroatoms. The predicted molar refractivity (Wildman–Crippen MR) is 226 cm³/mol. The summed E-state index contributed by atoms with van der Waals surface area (Å²) in [6, 6.07) is 59.9. The van der Waals surface area contributed by atoms with Crippen molar-refractivity contribution in [3.8, 4) is 28.0 Å². The third-order valence-electron chi connectivity index (χ3n) is 11.5. The second kappa shape index (κ2) is 13.2. The van der Waals surface area contributed by atoms with Crippen molar-refractivity contribution in [2.75, 3.05) is 6.61 Å². The second-order valence-corrected chi connectivity index (χ2v) is 14.4. The van der Waals surface area contributed by atoms with Crippen molar-refractivity contribution in [3.05, 3.63) is 228 Å². The molecule has 1 N–H and O–H groups in total. The van der Waals surface area contributed by atoms with E-state index >= 15 is 0 Å². The summed E-state index contributed by atoms with van der Waals surface area (Å²) >= 11 is 0. The van der Waals surface area contributed by atoms with Crippen LogP contribution in [-0.2, 0) is 5.41 Å². The van der Waals surface area contributed by atoms with Crippen molar-refractivity contribution in [3.63, 3.8) is 0 Å². The Morgan fingerprint density at radius 2 is 1.25 bits per heavy atom. The van der Waals surface area contributed by atoms with E-state index < -0.39 is 5.41 Å². The van der Waals surface area contributed by atoms with Gasteiger partial charge in [-0.1, -0.05) is 176 Å². The summed E-state index contributed by atoms with van der Waals surface area (Å²) < 4.78 is 13.3. The Bertz CT molecular complexity index is 2770. The van der Waals surface area contributed by atoms with Crippen LogP contribution in [0.3, 0.4) is 0 Å². The Balaban J connectivity index is 1.06. The van der Waals surface area contributed by atoms with Crippen molar-refractivity contribution < 1.29 is 9.15 Å². The number of benzene rings is 7. The number of fused-ring (bicyclic) bond motifs is 10. The average Bonchev–Trinajstić information content (AvgIpc) is 3.77. The van der Waals surface area contributed by atoms with Gasteiger partial charge in [-0.2, -0.15) is 0 Å². The molecule has 7 aromatic carbocycles. The summed E-state index contributed by atoms with van der Waals surface area (Å²) in [6.07, 6.45) is 4.45. The van der Waals surface area contributed by atoms with E-state index in [0.29, 0.717) is 6.61 Å². The molecule has 10 rings (SSSR count). The molecule has 1 spiro atoms. The van der Waals surface area contributed by atoms with Crippen LogP contribution in [0.5, 0.6) is 5.75 Å². The van der Waals surface area contributed by atoms with Crippen LogP contribution in [-0.4, -0.2) is 6.61 Å². The van der Waals surface area contributed by atoms with Crippen LogP contribution in [0.15, 0.2) is 204 Å². The number of nitrogens with one attached hydrogen (secondary N) is 1. The van der Waals surface area contributed by atoms with Crippen LogP contribution in [0.2, 0.25) is 0 Å². The molecule has 3 nitrogen and oxygen atoms in total. The van der Waals surface area contributed by atoms with Crippen LogP contribution < -0.4 is 10.1 Å². The summed E-state index contributed by atoms with van der Waals surface area (Å²) in [5.41, 5.74) is 14.8. The number of hydrogen-bond acceptors (Lipinski definition) is 3. The zero-order valence-electron chi connectivity index (χ0n) is 30.6. The lowest BCUT2D eigenvalue weighted by atomic mass is 9.66. The minimum Gasteiger partial charge on any atom is -0.489 e. The number of para-hydroxylation sites is 3. The van der Waals surface area contributed by atoms with E-state index in [1.54, 1.807) is 0 Å². The molecule has 1 aliphatic carbocycles. The van der Waals surface area contributed by atoms with Gasteiger partial charge in [-0.15, -0.1) is 0 Å². The van der Waals surface area contributed by atoms with Crippen molar-refractivity contribution >= 4 is 27.6 Å². The zero-order chi connectivity index (χ0) is 36.9. The highest BCUT2D eigenvalue weighted by Crippen LogP contribution is 2.58. The van der Waals surface area contributed by atoms with Crippen molar-refractivity contribution in [2.45, 2.75) is 18.4 Å². The Morgan fingerprint density at radius 1 is 0.636 bits per heavy atom. The fraction of sp³-hybridized carbons (Fsp3) is 0.0769. The SMILES string of the molecule is C=C1/C=C(/C(N/C(=C\C)c2ccc(-c3cccc4c3oc3ccccc34)cc2)c2ccccc2)COc2ccccc2C12c1ccccc1-c1ccccc12. The number of rotatable bonds is 6. The van der Waals surface area contributed by atoms with Gasteiger partial charge < -0.3 is 14.5 Å². The van der Waals surface area contributed by atoms with Crippen molar-refractivity contribution in [2.24, 2.45) is 0 Å². The van der Waals surface area contributed by atoms with E-state index in [1.807, 2.05) is 12.1 Å². The minimum atomic E-state index is -0.612. The Labute approximate surface area is 321 Å². The van der Waals surface area contributed by atoms with Gasteiger partial charge >= 0.3 is 0 Å². The lowest BCUT2D eigenvalue weighted by Crippen LogP contribution is -2.32. The minimum absolute atomic E-state index is 0.192.